The summed E-state index contributed by atoms with van der Waals surface area (Å²) in [6, 6.07) is 0. The van der Waals surface area contributed by atoms with Crippen LogP contribution in [0.3, 0.4) is 0 Å². The van der Waals surface area contributed by atoms with Gasteiger partial charge in [-0.25, -0.2) is 0 Å². The Bertz CT molecular complexity index is 126. The molecule has 0 aliphatic heterocycles. The lowest BCUT2D eigenvalue weighted by Crippen LogP contribution is -2.49. The van der Waals surface area contributed by atoms with E-state index < -0.39 is 9.05 Å². The first kappa shape index (κ1) is 20.3. The van der Waals surface area contributed by atoms with Gasteiger partial charge in [-0.3, -0.25) is 0 Å². The largest absolute Gasteiger partial charge is 0.679 e. The molecule has 0 aromatic rings. The normalized spacial score (nSPS) is 11.0. The molecule has 0 radical (unpaired) electrons. The third kappa shape index (κ3) is 11.1. The lowest BCUT2D eigenvalue weighted by atomic mass is 10.8. The summed E-state index contributed by atoms with van der Waals surface area (Å²) in [7, 11) is -2.80. The smallest absolute Gasteiger partial charge is 0.382 e. The molecule has 0 saturated heterocycles. The number of rotatable bonds is 10. The summed E-state index contributed by atoms with van der Waals surface area (Å²) in [4.78, 5) is 0. The average molecular weight is 282 g/mol. The Labute approximate surface area is 113 Å². The predicted octanol–water partition coefficient (Wildman–Crippen LogP) is 2.61. The van der Waals surface area contributed by atoms with Crippen molar-refractivity contribution in [1.29, 1.82) is 0 Å². The second-order valence-electron chi connectivity index (χ2n) is 3.01. The SMILES string of the molecule is CCOCC.CCO[Si](OCC)(OCC)OCC. The van der Waals surface area contributed by atoms with Crippen LogP contribution in [0.4, 0.5) is 0 Å². The number of ether oxygens (including phenoxy) is 1. The van der Waals surface area contributed by atoms with E-state index in [1.165, 1.54) is 0 Å². The highest BCUT2D eigenvalue weighted by molar-refractivity contribution is 6.53. The van der Waals surface area contributed by atoms with E-state index in [2.05, 4.69) is 0 Å². The van der Waals surface area contributed by atoms with Crippen LogP contribution in [0.15, 0.2) is 0 Å². The molecule has 0 amide bonds. The molecule has 0 heterocycles. The average Bonchev–Trinajstić information content (AvgIpc) is 2.32. The van der Waals surface area contributed by atoms with Gasteiger partial charge in [-0.2, -0.15) is 0 Å². The van der Waals surface area contributed by atoms with E-state index in [9.17, 15) is 0 Å². The Morgan fingerprint density at radius 1 is 0.500 bits per heavy atom. The summed E-state index contributed by atoms with van der Waals surface area (Å²) < 4.78 is 26.5. The zero-order valence-electron chi connectivity index (χ0n) is 12.8. The molecule has 18 heavy (non-hydrogen) atoms. The van der Waals surface area contributed by atoms with Crippen LogP contribution in [0.5, 0.6) is 0 Å². The van der Waals surface area contributed by atoms with Gasteiger partial charge in [-0.05, 0) is 41.5 Å². The summed E-state index contributed by atoms with van der Waals surface area (Å²) in [5.41, 5.74) is 0. The lowest BCUT2D eigenvalue weighted by molar-refractivity contribution is -0.0247. The van der Waals surface area contributed by atoms with E-state index in [0.29, 0.717) is 26.4 Å². The number of hydrogen-bond acceptors (Lipinski definition) is 5. The van der Waals surface area contributed by atoms with Crippen molar-refractivity contribution in [2.75, 3.05) is 39.6 Å². The minimum Gasteiger partial charge on any atom is -0.382 e. The summed E-state index contributed by atoms with van der Waals surface area (Å²) >= 11 is 0. The van der Waals surface area contributed by atoms with Gasteiger partial charge in [0.05, 0.1) is 0 Å². The van der Waals surface area contributed by atoms with Gasteiger partial charge in [0.25, 0.3) is 0 Å². The molecule has 0 N–H and O–H groups in total. The lowest BCUT2D eigenvalue weighted by Gasteiger charge is -2.26. The molecule has 0 fully saturated rings. The first-order chi connectivity index (χ1) is 8.66. The predicted molar refractivity (Wildman–Crippen MR) is 74.4 cm³/mol. The Hall–Kier alpha value is 0.0169. The minimum absolute atomic E-state index is 0.548. The molecular formula is C12H30O5Si. The highest BCUT2D eigenvalue weighted by Gasteiger charge is 2.44. The second kappa shape index (κ2) is 15.1. The molecular weight excluding hydrogens is 252 g/mol. The topological polar surface area (TPSA) is 46.2 Å². The molecule has 0 saturated carbocycles. The summed E-state index contributed by atoms with van der Waals surface area (Å²) in [6.45, 7) is 15.5. The highest BCUT2D eigenvalue weighted by atomic mass is 28.4. The minimum atomic E-state index is -2.80. The zero-order valence-corrected chi connectivity index (χ0v) is 13.8. The van der Waals surface area contributed by atoms with Crippen molar-refractivity contribution in [3.8, 4) is 0 Å². The first-order valence-electron chi connectivity index (χ1n) is 6.79. The van der Waals surface area contributed by atoms with E-state index in [-0.39, 0.29) is 0 Å². The monoisotopic (exact) mass is 282 g/mol. The molecule has 0 spiro atoms. The third-order valence-electron chi connectivity index (χ3n) is 1.69. The quantitative estimate of drug-likeness (QED) is 0.576. The van der Waals surface area contributed by atoms with Crippen molar-refractivity contribution in [3.63, 3.8) is 0 Å². The fourth-order valence-electron chi connectivity index (χ4n) is 1.16. The Morgan fingerprint density at radius 3 is 0.889 bits per heavy atom. The fourth-order valence-corrected chi connectivity index (χ4v) is 3.08. The van der Waals surface area contributed by atoms with Crippen molar-refractivity contribution >= 4 is 9.05 Å². The van der Waals surface area contributed by atoms with Crippen molar-refractivity contribution in [1.82, 2.24) is 0 Å². The van der Waals surface area contributed by atoms with Gasteiger partial charge in [-0.15, -0.1) is 0 Å². The molecule has 6 heteroatoms. The van der Waals surface area contributed by atoms with Crippen LogP contribution >= 0.6 is 0 Å². The Morgan fingerprint density at radius 2 is 0.778 bits per heavy atom. The standard InChI is InChI=1S/C8H20O4Si.C4H10O/c1-5-9-13(10-6-2,11-7-3)12-8-4;1-3-5-4-2/h5-8H2,1-4H3;3-4H2,1-2H3. The fraction of sp³-hybridized carbons (Fsp3) is 1.00. The molecule has 0 aromatic carbocycles. The Balaban J connectivity index is 0. The molecule has 0 atom stereocenters. The van der Waals surface area contributed by atoms with E-state index in [1.807, 2.05) is 41.5 Å². The summed E-state index contributed by atoms with van der Waals surface area (Å²) in [5, 5.41) is 0. The van der Waals surface area contributed by atoms with Crippen LogP contribution in [-0.4, -0.2) is 48.7 Å². The van der Waals surface area contributed by atoms with Gasteiger partial charge < -0.3 is 22.4 Å². The second-order valence-corrected chi connectivity index (χ2v) is 5.17. The van der Waals surface area contributed by atoms with Gasteiger partial charge in [0, 0.05) is 39.6 Å². The molecule has 0 bridgehead atoms. The molecule has 0 aliphatic rings. The number of hydrogen-bond donors (Lipinski definition) is 0. The first-order valence-corrected chi connectivity index (χ1v) is 8.42. The maximum atomic E-state index is 5.42. The molecule has 0 aromatic heterocycles. The van der Waals surface area contributed by atoms with E-state index in [1.54, 1.807) is 0 Å². The van der Waals surface area contributed by atoms with Crippen molar-refractivity contribution in [3.05, 3.63) is 0 Å². The zero-order chi connectivity index (χ0) is 14.3. The van der Waals surface area contributed by atoms with Gasteiger partial charge in [0.1, 0.15) is 0 Å². The summed E-state index contributed by atoms with van der Waals surface area (Å²) in [6.07, 6.45) is 0. The van der Waals surface area contributed by atoms with Gasteiger partial charge in [-0.1, -0.05) is 0 Å². The molecule has 0 rings (SSSR count). The van der Waals surface area contributed by atoms with Crippen LogP contribution in [0, 0.1) is 0 Å². The van der Waals surface area contributed by atoms with Crippen LogP contribution < -0.4 is 0 Å². The van der Waals surface area contributed by atoms with Crippen molar-refractivity contribution in [2.24, 2.45) is 0 Å². The van der Waals surface area contributed by atoms with Crippen LogP contribution in [0.1, 0.15) is 41.5 Å². The van der Waals surface area contributed by atoms with Gasteiger partial charge >= 0.3 is 9.05 Å². The highest BCUT2D eigenvalue weighted by Crippen LogP contribution is 2.11. The Kier molecular flexibility index (Phi) is 17.0. The van der Waals surface area contributed by atoms with Crippen LogP contribution in [0.25, 0.3) is 0 Å². The molecule has 5 nitrogen and oxygen atoms in total. The van der Waals surface area contributed by atoms with Crippen LogP contribution in [0.2, 0.25) is 0 Å². The van der Waals surface area contributed by atoms with Crippen molar-refractivity contribution < 1.29 is 22.4 Å². The maximum Gasteiger partial charge on any atom is 0.679 e. The molecule has 0 aliphatic carbocycles. The van der Waals surface area contributed by atoms with E-state index >= 15 is 0 Å². The summed E-state index contributed by atoms with van der Waals surface area (Å²) in [5.74, 6) is 0. The van der Waals surface area contributed by atoms with E-state index in [0.717, 1.165) is 13.2 Å². The van der Waals surface area contributed by atoms with E-state index in [4.69, 9.17) is 22.4 Å². The van der Waals surface area contributed by atoms with Gasteiger partial charge in [0.2, 0.25) is 0 Å². The molecule has 0 unspecified atom stereocenters. The van der Waals surface area contributed by atoms with Crippen molar-refractivity contribution in [2.45, 2.75) is 41.5 Å². The maximum absolute atomic E-state index is 5.42. The third-order valence-corrected chi connectivity index (χ3v) is 4.26. The van der Waals surface area contributed by atoms with Crippen LogP contribution in [-0.2, 0) is 22.4 Å². The molecule has 112 valence electrons. The van der Waals surface area contributed by atoms with Gasteiger partial charge in [0.15, 0.2) is 0 Å².